The topological polar surface area (TPSA) is 107 Å². The van der Waals surface area contributed by atoms with E-state index in [-0.39, 0.29) is 16.3 Å². The van der Waals surface area contributed by atoms with Crippen LogP contribution in [0.5, 0.6) is 0 Å². The van der Waals surface area contributed by atoms with E-state index in [9.17, 15) is 18.5 Å². The van der Waals surface area contributed by atoms with Gasteiger partial charge in [0.1, 0.15) is 4.90 Å². The molecule has 0 amide bonds. The van der Waals surface area contributed by atoms with Crippen LogP contribution in [0, 0.1) is 10.1 Å². The third-order valence-electron chi connectivity index (χ3n) is 4.10. The van der Waals surface area contributed by atoms with Crippen molar-refractivity contribution in [1.29, 1.82) is 0 Å². The van der Waals surface area contributed by atoms with Crippen LogP contribution in [0.3, 0.4) is 0 Å². The van der Waals surface area contributed by atoms with Crippen molar-refractivity contribution in [2.45, 2.75) is 17.9 Å². The number of nitrogens with zero attached hydrogens (tertiary/aromatic N) is 2. The van der Waals surface area contributed by atoms with Crippen molar-refractivity contribution in [3.63, 3.8) is 0 Å². The Kier molecular flexibility index (Phi) is 4.76. The zero-order valence-electron chi connectivity index (χ0n) is 12.8. The minimum absolute atomic E-state index is 0.146. The van der Waals surface area contributed by atoms with E-state index in [0.717, 1.165) is 21.7 Å². The Balaban J connectivity index is 2.12. The maximum atomic E-state index is 11.9. The molecule has 0 bridgehead atoms. The Bertz CT molecular complexity index is 981. The van der Waals surface area contributed by atoms with Crippen LogP contribution in [0.4, 0.5) is 11.4 Å². The summed E-state index contributed by atoms with van der Waals surface area (Å²) in [6.07, 6.45) is 0.614. The highest BCUT2D eigenvalue weighted by Crippen LogP contribution is 2.36. The number of primary sulfonamides is 1. The van der Waals surface area contributed by atoms with Crippen LogP contribution in [0.15, 0.2) is 39.7 Å². The number of fused-ring (bicyclic) bond motifs is 1. The van der Waals surface area contributed by atoms with Crippen LogP contribution >= 0.6 is 27.5 Å². The number of halogens is 2. The van der Waals surface area contributed by atoms with Gasteiger partial charge in [-0.05, 0) is 35.7 Å². The Hall–Kier alpha value is -1.68. The normalized spacial score (nSPS) is 14.3. The molecule has 0 spiro atoms. The van der Waals surface area contributed by atoms with Crippen molar-refractivity contribution in [2.75, 3.05) is 11.4 Å². The third kappa shape index (κ3) is 3.50. The quantitative estimate of drug-likeness (QED) is 0.575. The molecule has 0 fully saturated rings. The van der Waals surface area contributed by atoms with E-state index in [1.165, 1.54) is 12.1 Å². The van der Waals surface area contributed by atoms with Crippen molar-refractivity contribution < 1.29 is 13.3 Å². The highest BCUT2D eigenvalue weighted by atomic mass is 79.9. The Morgan fingerprint density at radius 3 is 2.60 bits per heavy atom. The van der Waals surface area contributed by atoms with Crippen LogP contribution in [-0.4, -0.2) is 19.9 Å². The maximum Gasteiger partial charge on any atom is 0.271 e. The molecule has 0 aliphatic carbocycles. The van der Waals surface area contributed by atoms with Crippen molar-refractivity contribution in [2.24, 2.45) is 5.14 Å². The predicted molar refractivity (Wildman–Crippen MR) is 98.4 cm³/mol. The monoisotopic (exact) mass is 445 g/mol. The van der Waals surface area contributed by atoms with Crippen LogP contribution in [0.1, 0.15) is 11.1 Å². The highest BCUT2D eigenvalue weighted by molar-refractivity contribution is 9.10. The minimum Gasteiger partial charge on any atom is -0.366 e. The third-order valence-corrected chi connectivity index (χ3v) is 6.15. The number of hydrogen-bond acceptors (Lipinski definition) is 5. The first-order valence-electron chi connectivity index (χ1n) is 7.20. The van der Waals surface area contributed by atoms with Crippen molar-refractivity contribution in [3.8, 4) is 0 Å². The zero-order chi connectivity index (χ0) is 18.4. The summed E-state index contributed by atoms with van der Waals surface area (Å²) in [6, 6.07) is 7.14. The average Bonchev–Trinajstić information content (AvgIpc) is 2.56. The smallest absolute Gasteiger partial charge is 0.271 e. The molecule has 2 aromatic carbocycles. The number of nitro benzene ring substituents is 1. The number of sulfonamides is 1. The lowest BCUT2D eigenvalue weighted by Crippen LogP contribution is -2.32. The molecule has 0 unspecified atom stereocenters. The zero-order valence-corrected chi connectivity index (χ0v) is 15.9. The lowest BCUT2D eigenvalue weighted by Gasteiger charge is -2.32. The molecular formula is C15H13BrClN3O4S. The molecule has 0 saturated heterocycles. The summed E-state index contributed by atoms with van der Waals surface area (Å²) < 4.78 is 24.7. The molecule has 2 aromatic rings. The Labute approximate surface area is 157 Å². The number of nitrogens with two attached hydrogens (primary N) is 1. The van der Waals surface area contributed by atoms with Gasteiger partial charge in [0.2, 0.25) is 10.0 Å². The highest BCUT2D eigenvalue weighted by Gasteiger charge is 2.27. The summed E-state index contributed by atoms with van der Waals surface area (Å²) in [4.78, 5) is 12.1. The fraction of sp³-hybridized carbons (Fsp3) is 0.200. The van der Waals surface area contributed by atoms with E-state index < -0.39 is 14.9 Å². The molecule has 0 saturated carbocycles. The SMILES string of the molecule is NS(=O)(=O)c1ccc([N+](=O)[O-])cc1N1CCc2c(Br)ccc(Cl)c2C1. The first-order valence-corrected chi connectivity index (χ1v) is 9.92. The van der Waals surface area contributed by atoms with E-state index in [1.54, 1.807) is 11.0 Å². The van der Waals surface area contributed by atoms with Gasteiger partial charge >= 0.3 is 0 Å². The second kappa shape index (κ2) is 6.56. The van der Waals surface area contributed by atoms with Crippen LogP contribution in [0.2, 0.25) is 5.02 Å². The molecule has 1 aliphatic heterocycles. The standard InChI is InChI=1S/C15H13BrClN3O4S/c16-12-2-3-13(17)11-8-19(6-5-10(11)12)14-7-9(20(21)22)1-4-15(14)25(18,23)24/h1-4,7H,5-6,8H2,(H2,18,23,24). The minimum atomic E-state index is -4.03. The van der Waals surface area contributed by atoms with Gasteiger partial charge in [-0.2, -0.15) is 0 Å². The summed E-state index contributed by atoms with van der Waals surface area (Å²) in [5.74, 6) is 0. The maximum absolute atomic E-state index is 11.9. The van der Waals surface area contributed by atoms with E-state index in [0.29, 0.717) is 24.5 Å². The van der Waals surface area contributed by atoms with Gasteiger partial charge in [-0.25, -0.2) is 13.6 Å². The Morgan fingerprint density at radius 1 is 1.24 bits per heavy atom. The van der Waals surface area contributed by atoms with E-state index >= 15 is 0 Å². The summed E-state index contributed by atoms with van der Waals surface area (Å²) in [7, 11) is -4.03. The van der Waals surface area contributed by atoms with Crippen molar-refractivity contribution in [3.05, 3.63) is 61.1 Å². The number of benzene rings is 2. The molecule has 2 N–H and O–H groups in total. The molecule has 25 heavy (non-hydrogen) atoms. The molecule has 3 rings (SSSR count). The van der Waals surface area contributed by atoms with Crippen molar-refractivity contribution >= 4 is 48.9 Å². The number of rotatable bonds is 3. The molecule has 0 atom stereocenters. The largest absolute Gasteiger partial charge is 0.366 e. The first kappa shape index (κ1) is 18.1. The molecule has 1 aliphatic rings. The summed E-state index contributed by atoms with van der Waals surface area (Å²) in [5, 5.41) is 16.9. The van der Waals surface area contributed by atoms with Gasteiger partial charge < -0.3 is 4.90 Å². The molecule has 0 aromatic heterocycles. The van der Waals surface area contributed by atoms with Crippen LogP contribution < -0.4 is 10.0 Å². The van der Waals surface area contributed by atoms with Gasteiger partial charge in [0.05, 0.1) is 10.6 Å². The first-order chi connectivity index (χ1) is 11.7. The van der Waals surface area contributed by atoms with Gasteiger partial charge in [0.25, 0.3) is 5.69 Å². The lowest BCUT2D eigenvalue weighted by molar-refractivity contribution is -0.384. The van der Waals surface area contributed by atoms with E-state index in [1.807, 2.05) is 6.07 Å². The molecule has 1 heterocycles. The predicted octanol–water partition coefficient (Wildman–Crippen LogP) is 3.22. The summed E-state index contributed by atoms with van der Waals surface area (Å²) in [6.45, 7) is 0.812. The molecule has 0 radical (unpaired) electrons. The molecule has 132 valence electrons. The van der Waals surface area contributed by atoms with Gasteiger partial charge in [0.15, 0.2) is 0 Å². The number of nitro groups is 1. The second-order valence-electron chi connectivity index (χ2n) is 5.61. The lowest BCUT2D eigenvalue weighted by atomic mass is 9.99. The van der Waals surface area contributed by atoms with E-state index in [2.05, 4.69) is 15.9 Å². The number of hydrogen-bond donors (Lipinski definition) is 1. The number of non-ortho nitro benzene ring substituents is 1. The van der Waals surface area contributed by atoms with Crippen LogP contribution in [0.25, 0.3) is 0 Å². The summed E-state index contributed by atoms with van der Waals surface area (Å²) >= 11 is 9.77. The van der Waals surface area contributed by atoms with Gasteiger partial charge in [-0.15, -0.1) is 0 Å². The summed E-state index contributed by atoms with van der Waals surface area (Å²) in [5.41, 5.74) is 1.91. The van der Waals surface area contributed by atoms with Crippen molar-refractivity contribution in [1.82, 2.24) is 0 Å². The fourth-order valence-corrected chi connectivity index (χ4v) is 4.45. The van der Waals surface area contributed by atoms with Gasteiger partial charge in [-0.3, -0.25) is 10.1 Å². The second-order valence-corrected chi connectivity index (χ2v) is 8.40. The van der Waals surface area contributed by atoms with Gasteiger partial charge in [0, 0.05) is 34.7 Å². The fourth-order valence-electron chi connectivity index (χ4n) is 2.91. The molecule has 7 nitrogen and oxygen atoms in total. The Morgan fingerprint density at radius 2 is 1.96 bits per heavy atom. The average molecular weight is 447 g/mol. The van der Waals surface area contributed by atoms with E-state index in [4.69, 9.17) is 16.7 Å². The van der Waals surface area contributed by atoms with Crippen LogP contribution in [-0.2, 0) is 23.0 Å². The number of anilines is 1. The van der Waals surface area contributed by atoms with Gasteiger partial charge in [-0.1, -0.05) is 27.5 Å². The molecular weight excluding hydrogens is 434 g/mol. The molecule has 10 heteroatoms.